The van der Waals surface area contributed by atoms with Gasteiger partial charge in [0.05, 0.1) is 14.8 Å². The number of hydrogen-bond acceptors (Lipinski definition) is 5. The maximum atomic E-state index is 12.8. The number of benzene rings is 1. The molecule has 0 unspecified atom stereocenters. The van der Waals surface area contributed by atoms with E-state index < -0.39 is 12.3 Å². The summed E-state index contributed by atoms with van der Waals surface area (Å²) in [4.78, 5) is 27.9. The first kappa shape index (κ1) is 21.3. The SMILES string of the molecule is C[C@@H]1[C@H](NC(=O)c2ccc(Sc3ccccc3NC(=O)C(F)F)s2)C2CCN1CC2. The molecule has 2 aromatic rings. The Hall–Kier alpha value is -1.97. The number of nitrogens with zero attached hydrogens (tertiary/aromatic N) is 1. The molecule has 160 valence electrons. The Morgan fingerprint density at radius 2 is 1.90 bits per heavy atom. The minimum absolute atomic E-state index is 0.0725. The molecule has 3 aliphatic rings. The van der Waals surface area contributed by atoms with E-state index in [1.54, 1.807) is 30.3 Å². The number of rotatable bonds is 6. The highest BCUT2D eigenvalue weighted by Crippen LogP contribution is 2.38. The Morgan fingerprint density at radius 1 is 1.17 bits per heavy atom. The summed E-state index contributed by atoms with van der Waals surface area (Å²) in [6.45, 7) is 4.40. The van der Waals surface area contributed by atoms with E-state index in [-0.39, 0.29) is 11.9 Å². The monoisotopic (exact) mass is 451 g/mol. The number of thiophene rings is 1. The van der Waals surface area contributed by atoms with Crippen LogP contribution < -0.4 is 10.6 Å². The third-order valence-corrected chi connectivity index (χ3v) is 8.13. The summed E-state index contributed by atoms with van der Waals surface area (Å²) in [7, 11) is 0. The molecule has 1 aromatic carbocycles. The standard InChI is InChI=1S/C21H23F2N3O2S2/c1-12-18(13-8-10-26(12)11-9-13)25-20(27)16-6-7-17(30-16)29-15-5-3-2-4-14(15)24-21(28)19(22)23/h2-7,12-13,18-19H,8-11H2,1H3,(H,24,28)(H,25,27)/t12-,18+/m1/s1. The van der Waals surface area contributed by atoms with Gasteiger partial charge < -0.3 is 10.6 Å². The number of anilines is 1. The molecule has 1 aromatic heterocycles. The van der Waals surface area contributed by atoms with Crippen LogP contribution in [0.5, 0.6) is 0 Å². The molecule has 30 heavy (non-hydrogen) atoms. The van der Waals surface area contributed by atoms with Crippen LogP contribution in [0.4, 0.5) is 14.5 Å². The molecule has 4 heterocycles. The van der Waals surface area contributed by atoms with E-state index in [1.807, 2.05) is 6.07 Å². The number of nitrogens with one attached hydrogen (secondary N) is 2. The molecule has 5 nitrogen and oxygen atoms in total. The van der Waals surface area contributed by atoms with Crippen LogP contribution in [-0.4, -0.2) is 48.3 Å². The zero-order chi connectivity index (χ0) is 21.3. The Kier molecular flexibility index (Phi) is 6.40. The van der Waals surface area contributed by atoms with Crippen LogP contribution in [0.15, 0.2) is 45.5 Å². The second kappa shape index (κ2) is 9.03. The quantitative estimate of drug-likeness (QED) is 0.687. The summed E-state index contributed by atoms with van der Waals surface area (Å²) in [6, 6.07) is 10.9. The van der Waals surface area contributed by atoms with Gasteiger partial charge >= 0.3 is 6.43 Å². The highest BCUT2D eigenvalue weighted by molar-refractivity contribution is 8.01. The van der Waals surface area contributed by atoms with Gasteiger partial charge in [-0.1, -0.05) is 23.9 Å². The zero-order valence-corrected chi connectivity index (χ0v) is 18.1. The molecule has 2 amide bonds. The minimum atomic E-state index is -3.08. The van der Waals surface area contributed by atoms with Gasteiger partial charge in [0, 0.05) is 17.0 Å². The van der Waals surface area contributed by atoms with Gasteiger partial charge in [0.15, 0.2) is 0 Å². The second-order valence-electron chi connectivity index (χ2n) is 7.62. The number of hydrogen-bond donors (Lipinski definition) is 2. The molecule has 5 rings (SSSR count). The van der Waals surface area contributed by atoms with E-state index in [4.69, 9.17) is 0 Å². The van der Waals surface area contributed by atoms with Crippen molar-refractivity contribution in [2.75, 3.05) is 18.4 Å². The Morgan fingerprint density at radius 3 is 2.60 bits per heavy atom. The number of halogens is 2. The van der Waals surface area contributed by atoms with Crippen LogP contribution in [0.3, 0.4) is 0 Å². The van der Waals surface area contributed by atoms with E-state index in [1.165, 1.54) is 23.1 Å². The molecule has 3 saturated heterocycles. The topological polar surface area (TPSA) is 61.4 Å². The molecule has 0 saturated carbocycles. The van der Waals surface area contributed by atoms with Gasteiger partial charge in [0.1, 0.15) is 0 Å². The second-order valence-corrected chi connectivity index (χ2v) is 10.0. The molecular weight excluding hydrogens is 428 g/mol. The summed E-state index contributed by atoms with van der Waals surface area (Å²) < 4.78 is 26.0. The number of alkyl halides is 2. The van der Waals surface area contributed by atoms with Crippen LogP contribution in [-0.2, 0) is 4.79 Å². The van der Waals surface area contributed by atoms with Crippen LogP contribution in [0, 0.1) is 5.92 Å². The minimum Gasteiger partial charge on any atom is -0.347 e. The smallest absolute Gasteiger partial charge is 0.315 e. The molecule has 2 atom stereocenters. The normalized spacial score (nSPS) is 25.3. The van der Waals surface area contributed by atoms with E-state index in [0.717, 1.165) is 30.1 Å². The number of amides is 2. The van der Waals surface area contributed by atoms with Crippen LogP contribution in [0.25, 0.3) is 0 Å². The fourth-order valence-corrected chi connectivity index (χ4v) is 6.29. The number of carbonyl (C=O) groups excluding carboxylic acids is 2. The molecule has 0 aliphatic carbocycles. The lowest BCUT2D eigenvalue weighted by Gasteiger charge is -2.49. The maximum absolute atomic E-state index is 12.8. The van der Waals surface area contributed by atoms with E-state index in [0.29, 0.717) is 27.4 Å². The van der Waals surface area contributed by atoms with Crippen LogP contribution in [0.1, 0.15) is 29.4 Å². The first-order chi connectivity index (χ1) is 14.4. The Bertz CT molecular complexity index is 926. The maximum Gasteiger partial charge on any atom is 0.315 e. The lowest BCUT2D eigenvalue weighted by atomic mass is 9.79. The number of piperidine rings is 3. The van der Waals surface area contributed by atoms with Crippen molar-refractivity contribution < 1.29 is 18.4 Å². The molecular formula is C21H23F2N3O2S2. The van der Waals surface area contributed by atoms with Crippen molar-refractivity contribution in [1.82, 2.24) is 10.2 Å². The predicted octanol–water partition coefficient (Wildman–Crippen LogP) is 4.32. The van der Waals surface area contributed by atoms with Crippen molar-refractivity contribution in [3.8, 4) is 0 Å². The zero-order valence-electron chi connectivity index (χ0n) is 16.4. The molecule has 2 N–H and O–H groups in total. The highest BCUT2D eigenvalue weighted by atomic mass is 32.2. The highest BCUT2D eigenvalue weighted by Gasteiger charge is 2.40. The van der Waals surface area contributed by atoms with E-state index >= 15 is 0 Å². The molecule has 9 heteroatoms. The lowest BCUT2D eigenvalue weighted by Crippen LogP contribution is -2.62. The summed E-state index contributed by atoms with van der Waals surface area (Å²) in [6.07, 6.45) is -0.821. The van der Waals surface area contributed by atoms with Crippen molar-refractivity contribution in [3.63, 3.8) is 0 Å². The summed E-state index contributed by atoms with van der Waals surface area (Å²) in [5.74, 6) is -0.870. The average Bonchev–Trinajstić information content (AvgIpc) is 3.21. The Labute approximate surface area is 182 Å². The molecule has 2 bridgehead atoms. The van der Waals surface area contributed by atoms with Gasteiger partial charge in [0.25, 0.3) is 11.8 Å². The number of para-hydroxylation sites is 1. The summed E-state index contributed by atoms with van der Waals surface area (Å²) in [5, 5.41) is 5.47. The third-order valence-electron chi connectivity index (χ3n) is 5.83. The molecule has 3 fully saturated rings. The third kappa shape index (κ3) is 4.53. The van der Waals surface area contributed by atoms with E-state index in [9.17, 15) is 18.4 Å². The van der Waals surface area contributed by atoms with Gasteiger partial charge in [-0.05, 0) is 63.0 Å². The van der Waals surface area contributed by atoms with Gasteiger partial charge in [-0.25, -0.2) is 0 Å². The van der Waals surface area contributed by atoms with E-state index in [2.05, 4.69) is 22.5 Å². The van der Waals surface area contributed by atoms with Gasteiger partial charge in [-0.15, -0.1) is 11.3 Å². The predicted molar refractivity (Wildman–Crippen MR) is 115 cm³/mol. The fourth-order valence-electron chi connectivity index (χ4n) is 4.22. The van der Waals surface area contributed by atoms with Crippen LogP contribution >= 0.6 is 23.1 Å². The van der Waals surface area contributed by atoms with Crippen molar-refractivity contribution in [3.05, 3.63) is 41.3 Å². The van der Waals surface area contributed by atoms with Crippen molar-refractivity contribution in [2.24, 2.45) is 5.92 Å². The van der Waals surface area contributed by atoms with Gasteiger partial charge in [0.2, 0.25) is 0 Å². The van der Waals surface area contributed by atoms with Crippen molar-refractivity contribution >= 4 is 40.6 Å². The summed E-state index contributed by atoms with van der Waals surface area (Å²) >= 11 is 2.69. The molecule has 0 spiro atoms. The van der Waals surface area contributed by atoms with Crippen LogP contribution in [0.2, 0.25) is 0 Å². The average molecular weight is 452 g/mol. The molecule has 3 aliphatic heterocycles. The largest absolute Gasteiger partial charge is 0.347 e. The number of fused-ring (bicyclic) bond motifs is 3. The van der Waals surface area contributed by atoms with Crippen molar-refractivity contribution in [2.45, 2.75) is 47.4 Å². The first-order valence-electron chi connectivity index (χ1n) is 9.93. The fraction of sp³-hybridized carbons (Fsp3) is 0.429. The number of carbonyl (C=O) groups is 2. The Balaban J connectivity index is 1.42. The van der Waals surface area contributed by atoms with Gasteiger partial charge in [-0.3, -0.25) is 14.5 Å². The first-order valence-corrected chi connectivity index (χ1v) is 11.6. The summed E-state index contributed by atoms with van der Waals surface area (Å²) in [5.41, 5.74) is 0.327. The van der Waals surface area contributed by atoms with Gasteiger partial charge in [-0.2, -0.15) is 8.78 Å². The van der Waals surface area contributed by atoms with Crippen molar-refractivity contribution in [1.29, 1.82) is 0 Å². The lowest BCUT2D eigenvalue weighted by molar-refractivity contribution is -0.126. The molecule has 0 radical (unpaired) electrons.